The van der Waals surface area contributed by atoms with Gasteiger partial charge in [0.05, 0.1) is 0 Å². The summed E-state index contributed by atoms with van der Waals surface area (Å²) in [6.45, 7) is 2.53. The van der Waals surface area contributed by atoms with Gasteiger partial charge in [-0.05, 0) is 37.0 Å². The number of hydrogen-bond donors (Lipinski definition) is 1. The molecule has 0 saturated carbocycles. The van der Waals surface area contributed by atoms with E-state index in [4.69, 9.17) is 0 Å². The van der Waals surface area contributed by atoms with E-state index in [2.05, 4.69) is 38.9 Å². The van der Waals surface area contributed by atoms with E-state index in [9.17, 15) is 8.76 Å². The third-order valence-electron chi connectivity index (χ3n) is 2.10. The van der Waals surface area contributed by atoms with Gasteiger partial charge in [0.2, 0.25) is 0 Å². The summed E-state index contributed by atoms with van der Waals surface area (Å²) < 4.78 is 23.8. The molecule has 0 spiro atoms. The van der Waals surface area contributed by atoms with Gasteiger partial charge >= 0.3 is 0 Å². The molecule has 5 heteroatoms. The molecule has 0 aromatic heterocycles. The molecule has 3 nitrogen and oxygen atoms in total. The minimum absolute atomic E-state index is 0.488. The first-order valence-electron chi connectivity index (χ1n) is 4.67. The normalized spacial score (nSPS) is 12.7. The monoisotopic (exact) mass is 290 g/mol. The molecule has 84 valence electrons. The predicted octanol–water partition coefficient (Wildman–Crippen LogP) is 2.07. The first-order valence-corrected chi connectivity index (χ1v) is 6.54. The average molecular weight is 291 g/mol. The molecule has 0 saturated heterocycles. The Morgan fingerprint density at radius 1 is 1.53 bits per heavy atom. The van der Waals surface area contributed by atoms with Crippen LogP contribution in [-0.2, 0) is 17.7 Å². The smallest absolute Gasteiger partial charge is 0.0207 e. The van der Waals surface area contributed by atoms with Crippen LogP contribution in [0.2, 0.25) is 0 Å². The highest BCUT2D eigenvalue weighted by Crippen LogP contribution is 2.18. The van der Waals surface area contributed by atoms with E-state index in [1.807, 2.05) is 6.92 Å². The van der Waals surface area contributed by atoms with Gasteiger partial charge in [-0.15, -0.1) is 0 Å². The number of halogens is 1. The van der Waals surface area contributed by atoms with Crippen molar-refractivity contribution in [2.24, 2.45) is 0 Å². The van der Waals surface area contributed by atoms with Crippen LogP contribution in [-0.4, -0.2) is 15.3 Å². The molecule has 0 aliphatic carbocycles. The van der Waals surface area contributed by atoms with Crippen LogP contribution in [0.3, 0.4) is 0 Å². The van der Waals surface area contributed by atoms with Gasteiger partial charge in [0.1, 0.15) is 0 Å². The maximum atomic E-state index is 10.2. The van der Waals surface area contributed by atoms with Crippen LogP contribution in [0.5, 0.6) is 0 Å². The lowest BCUT2D eigenvalue weighted by Gasteiger charge is -2.07. The van der Waals surface area contributed by atoms with Gasteiger partial charge in [0.25, 0.3) is 0 Å². The fraction of sp³-hybridized carbons (Fsp3) is 0.400. The summed E-state index contributed by atoms with van der Waals surface area (Å²) in [6.07, 6.45) is 1.69. The molecule has 1 aromatic carbocycles. The Morgan fingerprint density at radius 2 is 2.27 bits per heavy atom. The summed E-state index contributed by atoms with van der Waals surface area (Å²) in [6, 6.07) is 6.19. The SMILES string of the molecule is Cc1ccc(CCCNS(=O)[O-])cc1Br. The van der Waals surface area contributed by atoms with Crippen molar-refractivity contribution in [2.45, 2.75) is 19.8 Å². The molecule has 0 radical (unpaired) electrons. The molecule has 0 aliphatic heterocycles. The van der Waals surface area contributed by atoms with E-state index in [1.54, 1.807) is 0 Å². The summed E-state index contributed by atoms with van der Waals surface area (Å²) >= 11 is 1.32. The number of nitrogens with one attached hydrogen (secondary N) is 1. The highest BCUT2D eigenvalue weighted by atomic mass is 79.9. The molecule has 0 fully saturated rings. The highest BCUT2D eigenvalue weighted by Gasteiger charge is 1.97. The Morgan fingerprint density at radius 3 is 2.87 bits per heavy atom. The number of rotatable bonds is 5. The molecule has 15 heavy (non-hydrogen) atoms. The van der Waals surface area contributed by atoms with Crippen LogP contribution < -0.4 is 4.72 Å². The van der Waals surface area contributed by atoms with Crippen molar-refractivity contribution < 1.29 is 8.76 Å². The molecule has 0 bridgehead atoms. The second-order valence-corrected chi connectivity index (χ2v) is 4.93. The quantitative estimate of drug-likeness (QED) is 0.667. The van der Waals surface area contributed by atoms with Crippen molar-refractivity contribution in [3.8, 4) is 0 Å². The van der Waals surface area contributed by atoms with Crippen LogP contribution in [0.1, 0.15) is 17.5 Å². The van der Waals surface area contributed by atoms with E-state index < -0.39 is 11.3 Å². The molecule has 0 heterocycles. The van der Waals surface area contributed by atoms with Gasteiger partial charge in [0.15, 0.2) is 0 Å². The topological polar surface area (TPSA) is 52.2 Å². The maximum Gasteiger partial charge on any atom is 0.0207 e. The zero-order chi connectivity index (χ0) is 11.3. The summed E-state index contributed by atoms with van der Waals surface area (Å²) in [5, 5.41) is 0. The first-order chi connectivity index (χ1) is 7.09. The largest absolute Gasteiger partial charge is 0.760 e. The van der Waals surface area contributed by atoms with Crippen molar-refractivity contribution >= 4 is 27.2 Å². The Kier molecular flexibility index (Phi) is 5.45. The van der Waals surface area contributed by atoms with E-state index in [1.165, 1.54) is 11.1 Å². The third kappa shape index (κ3) is 4.88. The summed E-state index contributed by atoms with van der Waals surface area (Å²) in [4.78, 5) is 0. The van der Waals surface area contributed by atoms with Gasteiger partial charge in [-0.3, -0.25) is 4.21 Å². The van der Waals surface area contributed by atoms with E-state index >= 15 is 0 Å². The van der Waals surface area contributed by atoms with E-state index in [0.717, 1.165) is 17.3 Å². The summed E-state index contributed by atoms with van der Waals surface area (Å²) in [5.41, 5.74) is 2.42. The lowest BCUT2D eigenvalue weighted by molar-refractivity contribution is 0.521. The lowest BCUT2D eigenvalue weighted by atomic mass is 10.1. The second-order valence-electron chi connectivity index (χ2n) is 3.32. The molecule has 0 aliphatic rings. The summed E-state index contributed by atoms with van der Waals surface area (Å²) in [7, 11) is 0. The van der Waals surface area contributed by atoms with E-state index in [0.29, 0.717) is 6.54 Å². The molecule has 1 unspecified atom stereocenters. The van der Waals surface area contributed by atoms with Crippen molar-refractivity contribution in [3.05, 3.63) is 33.8 Å². The fourth-order valence-electron chi connectivity index (χ4n) is 1.24. The maximum absolute atomic E-state index is 10.2. The Labute approximate surface area is 101 Å². The van der Waals surface area contributed by atoms with Crippen molar-refractivity contribution in [3.63, 3.8) is 0 Å². The Balaban J connectivity index is 2.38. The molecule has 1 N–H and O–H groups in total. The fourth-order valence-corrected chi connectivity index (χ4v) is 1.98. The van der Waals surface area contributed by atoms with Gasteiger partial charge < -0.3 is 4.55 Å². The van der Waals surface area contributed by atoms with Crippen LogP contribution in [0.4, 0.5) is 0 Å². The van der Waals surface area contributed by atoms with E-state index in [-0.39, 0.29) is 0 Å². The van der Waals surface area contributed by atoms with Crippen molar-refractivity contribution in [2.75, 3.05) is 6.54 Å². The minimum Gasteiger partial charge on any atom is -0.760 e. The number of hydrogen-bond acceptors (Lipinski definition) is 2. The van der Waals surface area contributed by atoms with Gasteiger partial charge in [0, 0.05) is 22.3 Å². The summed E-state index contributed by atoms with van der Waals surface area (Å²) in [5.74, 6) is 0. The zero-order valence-electron chi connectivity index (χ0n) is 8.46. The predicted molar refractivity (Wildman–Crippen MR) is 64.1 cm³/mol. The van der Waals surface area contributed by atoms with Crippen molar-refractivity contribution in [1.29, 1.82) is 0 Å². The molecule has 1 rings (SSSR count). The number of aryl methyl sites for hydroxylation is 2. The molecular formula is C10H13BrNO2S-. The van der Waals surface area contributed by atoms with Crippen molar-refractivity contribution in [1.82, 2.24) is 4.72 Å². The zero-order valence-corrected chi connectivity index (χ0v) is 10.9. The Bertz CT molecular complexity index is 357. The second kappa shape index (κ2) is 6.37. The standard InChI is InChI=1S/C10H14BrNO2S/c1-8-4-5-9(7-10(8)11)3-2-6-12-15(13)14/h4-5,7,12H,2-3,6H2,1H3,(H,13,14)/p-1. The Hall–Kier alpha value is -0.230. The third-order valence-corrected chi connectivity index (χ3v) is 3.39. The molecule has 1 atom stereocenters. The van der Waals surface area contributed by atoms with Crippen LogP contribution in [0.15, 0.2) is 22.7 Å². The van der Waals surface area contributed by atoms with Crippen LogP contribution in [0.25, 0.3) is 0 Å². The van der Waals surface area contributed by atoms with Gasteiger partial charge in [-0.1, -0.05) is 28.1 Å². The van der Waals surface area contributed by atoms with Gasteiger partial charge in [-0.2, -0.15) is 0 Å². The van der Waals surface area contributed by atoms with Crippen LogP contribution in [0, 0.1) is 6.92 Å². The lowest BCUT2D eigenvalue weighted by Crippen LogP contribution is -2.18. The van der Waals surface area contributed by atoms with Crippen LogP contribution >= 0.6 is 15.9 Å². The molecule has 0 amide bonds. The average Bonchev–Trinajstić information content (AvgIpc) is 2.18. The van der Waals surface area contributed by atoms with Gasteiger partial charge in [-0.25, -0.2) is 4.72 Å². The minimum atomic E-state index is -2.14. The molecule has 1 aromatic rings. The number of benzene rings is 1. The first kappa shape index (κ1) is 12.8. The molecular weight excluding hydrogens is 278 g/mol. The highest BCUT2D eigenvalue weighted by molar-refractivity contribution is 9.10.